The van der Waals surface area contributed by atoms with Crippen LogP contribution < -0.4 is 4.90 Å². The number of aromatic nitrogens is 2. The maximum absolute atomic E-state index is 12.8. The van der Waals surface area contributed by atoms with Crippen molar-refractivity contribution in [2.24, 2.45) is 5.92 Å². The van der Waals surface area contributed by atoms with Crippen molar-refractivity contribution >= 4 is 17.5 Å². The van der Waals surface area contributed by atoms with Crippen LogP contribution in [0.1, 0.15) is 73.5 Å². The van der Waals surface area contributed by atoms with E-state index < -0.39 is 0 Å². The lowest BCUT2D eigenvalue weighted by Crippen LogP contribution is -2.26. The summed E-state index contributed by atoms with van der Waals surface area (Å²) in [7, 11) is 0. The van der Waals surface area contributed by atoms with Crippen LogP contribution in [0.5, 0.6) is 0 Å². The van der Waals surface area contributed by atoms with Gasteiger partial charge in [-0.2, -0.15) is 0 Å². The molecule has 0 atom stereocenters. The first-order valence-corrected chi connectivity index (χ1v) is 11.7. The number of ketones is 1. The van der Waals surface area contributed by atoms with Crippen LogP contribution in [0.25, 0.3) is 11.4 Å². The van der Waals surface area contributed by atoms with Crippen LogP contribution in [0.3, 0.4) is 0 Å². The van der Waals surface area contributed by atoms with Crippen molar-refractivity contribution in [2.45, 2.75) is 59.4 Å². The van der Waals surface area contributed by atoms with Gasteiger partial charge in [0.05, 0.1) is 13.0 Å². The predicted octanol–water partition coefficient (Wildman–Crippen LogP) is 5.98. The highest BCUT2D eigenvalue weighted by Gasteiger charge is 2.30. The molecule has 2 aromatic carbocycles. The van der Waals surface area contributed by atoms with E-state index in [0.717, 1.165) is 28.7 Å². The monoisotopic (exact) mass is 441 g/mol. The number of nitrogens with zero attached hydrogens (tertiary/aromatic N) is 3. The van der Waals surface area contributed by atoms with Crippen molar-refractivity contribution in [3.63, 3.8) is 0 Å². The average molecular weight is 442 g/mol. The number of rotatable bonds is 8. The van der Waals surface area contributed by atoms with E-state index in [9.17, 15) is 9.59 Å². The van der Waals surface area contributed by atoms with Gasteiger partial charge in [0.25, 0.3) is 0 Å². The van der Waals surface area contributed by atoms with Gasteiger partial charge < -0.3 is 0 Å². The zero-order valence-electron chi connectivity index (χ0n) is 19.8. The normalized spacial score (nSPS) is 13.2. The van der Waals surface area contributed by atoms with Gasteiger partial charge in [-0.15, -0.1) is 0 Å². The Hall–Kier alpha value is -3.34. The molecule has 1 aliphatic rings. The number of hydrogen-bond acceptors (Lipinski definition) is 4. The molecule has 0 spiro atoms. The quantitative estimate of drug-likeness (QED) is 0.404. The van der Waals surface area contributed by atoms with E-state index in [0.29, 0.717) is 42.9 Å². The molecule has 4 rings (SSSR count). The maximum Gasteiger partial charge on any atom is 0.233 e. The molecule has 0 aliphatic carbocycles. The van der Waals surface area contributed by atoms with Gasteiger partial charge in [-0.1, -0.05) is 76.2 Å². The number of carbonyl (C=O) groups excluding carboxylic acids is 2. The molecule has 0 radical (unpaired) electrons. The van der Waals surface area contributed by atoms with Crippen molar-refractivity contribution in [2.75, 3.05) is 4.90 Å². The second-order valence-corrected chi connectivity index (χ2v) is 9.49. The van der Waals surface area contributed by atoms with Crippen molar-refractivity contribution in [3.05, 3.63) is 77.0 Å². The van der Waals surface area contributed by atoms with Gasteiger partial charge in [-0.25, -0.2) is 9.97 Å². The van der Waals surface area contributed by atoms with E-state index in [1.54, 1.807) is 11.1 Å². The third kappa shape index (κ3) is 5.03. The number of carbonyl (C=O) groups is 2. The van der Waals surface area contributed by atoms with Crippen molar-refractivity contribution in [1.29, 1.82) is 0 Å². The number of amides is 1. The average Bonchev–Trinajstić information content (AvgIpc) is 3.12. The minimum atomic E-state index is 0.0191. The Kier molecular flexibility index (Phi) is 6.68. The maximum atomic E-state index is 12.8. The van der Waals surface area contributed by atoms with Crippen LogP contribution in [0.2, 0.25) is 0 Å². The lowest BCUT2D eigenvalue weighted by atomic mass is 9.97. The number of fused-ring (bicyclic) bond motifs is 1. The second kappa shape index (κ2) is 9.65. The summed E-state index contributed by atoms with van der Waals surface area (Å²) in [5, 5.41) is 0. The molecule has 0 N–H and O–H groups in total. The van der Waals surface area contributed by atoms with E-state index in [4.69, 9.17) is 4.98 Å². The highest BCUT2D eigenvalue weighted by Crippen LogP contribution is 2.32. The molecule has 3 aromatic rings. The third-order valence-corrected chi connectivity index (χ3v) is 6.13. The fraction of sp³-hybridized carbons (Fsp3) is 0.357. The first-order valence-electron chi connectivity index (χ1n) is 11.7. The van der Waals surface area contributed by atoms with Crippen LogP contribution in [0.15, 0.2) is 54.7 Å². The molecular formula is C28H31N3O2. The fourth-order valence-corrected chi connectivity index (χ4v) is 4.17. The summed E-state index contributed by atoms with van der Waals surface area (Å²) in [4.78, 5) is 36.3. The molecule has 1 aliphatic heterocycles. The van der Waals surface area contributed by atoms with Gasteiger partial charge in [0.15, 0.2) is 11.6 Å². The largest absolute Gasteiger partial charge is 0.294 e. The minimum absolute atomic E-state index is 0.0191. The van der Waals surface area contributed by atoms with E-state index >= 15 is 0 Å². The fourth-order valence-electron chi connectivity index (χ4n) is 4.17. The summed E-state index contributed by atoms with van der Waals surface area (Å²) in [6.07, 6.45) is 3.55. The summed E-state index contributed by atoms with van der Waals surface area (Å²) in [5.74, 6) is 2.36. The Balaban J connectivity index is 1.56. The van der Waals surface area contributed by atoms with Crippen LogP contribution in [0, 0.1) is 5.92 Å². The number of hydrogen-bond donors (Lipinski definition) is 0. The van der Waals surface area contributed by atoms with Crippen LogP contribution >= 0.6 is 0 Å². The van der Waals surface area contributed by atoms with Crippen molar-refractivity contribution < 1.29 is 9.59 Å². The van der Waals surface area contributed by atoms with E-state index in [2.05, 4.69) is 38.7 Å². The summed E-state index contributed by atoms with van der Waals surface area (Å²) >= 11 is 0. The van der Waals surface area contributed by atoms with Gasteiger partial charge >= 0.3 is 0 Å². The van der Waals surface area contributed by atoms with Crippen molar-refractivity contribution in [3.8, 4) is 11.4 Å². The van der Waals surface area contributed by atoms with Gasteiger partial charge in [0.1, 0.15) is 5.82 Å². The number of benzene rings is 2. The van der Waals surface area contributed by atoms with Gasteiger partial charge in [-0.3, -0.25) is 14.5 Å². The number of anilines is 1. The Labute approximate surface area is 195 Å². The molecule has 0 saturated heterocycles. The summed E-state index contributed by atoms with van der Waals surface area (Å²) < 4.78 is 0. The smallest absolute Gasteiger partial charge is 0.233 e. The van der Waals surface area contributed by atoms with Crippen LogP contribution in [-0.4, -0.2) is 21.7 Å². The molecule has 0 fully saturated rings. The van der Waals surface area contributed by atoms with E-state index in [1.165, 1.54) is 5.56 Å². The lowest BCUT2D eigenvalue weighted by molar-refractivity contribution is -0.117. The molecule has 1 amide bonds. The molecular weight excluding hydrogens is 410 g/mol. The first-order chi connectivity index (χ1) is 15.8. The Morgan fingerprint density at radius 3 is 2.45 bits per heavy atom. The topological polar surface area (TPSA) is 63.2 Å². The molecule has 0 bridgehead atoms. The molecule has 2 heterocycles. The summed E-state index contributed by atoms with van der Waals surface area (Å²) in [6.45, 7) is 8.97. The summed E-state index contributed by atoms with van der Waals surface area (Å²) in [5.41, 5.74) is 4.73. The first kappa shape index (κ1) is 22.8. The van der Waals surface area contributed by atoms with Crippen LogP contribution in [0.4, 0.5) is 5.82 Å². The molecule has 33 heavy (non-hydrogen) atoms. The van der Waals surface area contributed by atoms with E-state index in [-0.39, 0.29) is 11.7 Å². The highest BCUT2D eigenvalue weighted by molar-refractivity contribution is 6.00. The van der Waals surface area contributed by atoms with Gasteiger partial charge in [0, 0.05) is 29.3 Å². The van der Waals surface area contributed by atoms with E-state index in [1.807, 2.05) is 42.5 Å². The minimum Gasteiger partial charge on any atom is -0.294 e. The molecule has 170 valence electrons. The Morgan fingerprint density at radius 2 is 1.76 bits per heavy atom. The second-order valence-electron chi connectivity index (χ2n) is 9.49. The number of Topliss-reactive ketones (excluding diaryl/α,β-unsaturated/α-hetero) is 1. The molecule has 0 unspecified atom stereocenters. The zero-order valence-corrected chi connectivity index (χ0v) is 19.8. The zero-order chi connectivity index (χ0) is 23.5. The Morgan fingerprint density at radius 1 is 1.03 bits per heavy atom. The van der Waals surface area contributed by atoms with Crippen molar-refractivity contribution in [1.82, 2.24) is 9.97 Å². The Bertz CT molecular complexity index is 1170. The summed E-state index contributed by atoms with van der Waals surface area (Å²) in [6, 6.07) is 15.8. The highest BCUT2D eigenvalue weighted by atomic mass is 16.2. The SMILES string of the molecule is CC(C)CCC(=O)c1ccc(CN2C(=O)Cc3cnc(-c4ccccc4C(C)C)nc32)cc1. The third-order valence-electron chi connectivity index (χ3n) is 6.13. The predicted molar refractivity (Wildman–Crippen MR) is 131 cm³/mol. The molecule has 0 saturated carbocycles. The molecule has 1 aromatic heterocycles. The molecule has 5 nitrogen and oxygen atoms in total. The molecule has 5 heteroatoms. The van der Waals surface area contributed by atoms with Gasteiger partial charge in [0.2, 0.25) is 5.91 Å². The standard InChI is InChI=1S/C28H31N3O2/c1-18(2)9-14-25(32)21-12-10-20(11-13-21)17-31-26(33)15-22-16-29-27(30-28(22)31)24-8-6-5-7-23(24)19(3)4/h5-8,10-13,16,18-19H,9,14-15,17H2,1-4H3. The lowest BCUT2D eigenvalue weighted by Gasteiger charge is -2.18. The van der Waals surface area contributed by atoms with Gasteiger partial charge in [-0.05, 0) is 29.4 Å². The van der Waals surface area contributed by atoms with Crippen LogP contribution in [-0.2, 0) is 17.8 Å².